The van der Waals surface area contributed by atoms with Crippen LogP contribution in [0.25, 0.3) is 5.03 Å². The molecule has 0 heterocycles. The summed E-state index contributed by atoms with van der Waals surface area (Å²) < 4.78 is 5.07. The Bertz CT molecular complexity index is 798. The second-order valence-electron chi connectivity index (χ2n) is 5.81. The molecule has 2 aromatic carbocycles. The van der Waals surface area contributed by atoms with Crippen LogP contribution < -0.4 is 10.1 Å². The Labute approximate surface area is 157 Å². The van der Waals surface area contributed by atoms with Crippen LogP contribution in [0.4, 0.5) is 0 Å². The van der Waals surface area contributed by atoms with E-state index in [1.165, 1.54) is 6.08 Å². The van der Waals surface area contributed by atoms with Gasteiger partial charge in [0.15, 0.2) is 0 Å². The average molecular weight is 374 g/mol. The predicted molar refractivity (Wildman–Crippen MR) is 101 cm³/mol. The molecule has 1 amide bonds. The molecule has 26 heavy (non-hydrogen) atoms. The first-order valence-corrected chi connectivity index (χ1v) is 8.37. The number of hydrogen-bond donors (Lipinski definition) is 2. The number of methoxy groups -OCH3 is 1. The number of benzene rings is 2. The summed E-state index contributed by atoms with van der Waals surface area (Å²) in [6.07, 6.45) is 1.34. The second-order valence-corrected chi connectivity index (χ2v) is 6.22. The smallest absolute Gasteiger partial charge is 0.326 e. The Morgan fingerprint density at radius 3 is 2.31 bits per heavy atom. The van der Waals surface area contributed by atoms with Gasteiger partial charge < -0.3 is 15.2 Å². The zero-order valence-corrected chi connectivity index (χ0v) is 15.3. The first-order valence-electron chi connectivity index (χ1n) is 7.99. The van der Waals surface area contributed by atoms with Crippen molar-refractivity contribution in [3.63, 3.8) is 0 Å². The minimum atomic E-state index is -1.12. The number of aryl methyl sites for hydroxylation is 1. The Morgan fingerprint density at radius 1 is 1.15 bits per heavy atom. The molecular formula is C20H20ClNO4. The highest BCUT2D eigenvalue weighted by atomic mass is 35.5. The van der Waals surface area contributed by atoms with Crippen molar-refractivity contribution >= 4 is 28.5 Å². The largest absolute Gasteiger partial charge is 0.497 e. The van der Waals surface area contributed by atoms with Crippen molar-refractivity contribution in [3.8, 4) is 5.75 Å². The third-order valence-electron chi connectivity index (χ3n) is 3.80. The number of halogens is 1. The molecule has 0 saturated carbocycles. The Morgan fingerprint density at radius 2 is 1.77 bits per heavy atom. The lowest BCUT2D eigenvalue weighted by Crippen LogP contribution is -2.41. The van der Waals surface area contributed by atoms with Gasteiger partial charge in [0.25, 0.3) is 0 Å². The summed E-state index contributed by atoms with van der Waals surface area (Å²) in [5.41, 5.74) is 2.54. The number of carboxylic acids is 1. The Balaban J connectivity index is 2.05. The van der Waals surface area contributed by atoms with Crippen LogP contribution in [0.2, 0.25) is 0 Å². The fraction of sp³-hybridized carbons (Fsp3) is 0.200. The van der Waals surface area contributed by atoms with Gasteiger partial charge in [-0.15, -0.1) is 0 Å². The lowest BCUT2D eigenvalue weighted by molar-refractivity contribution is -0.141. The summed E-state index contributed by atoms with van der Waals surface area (Å²) in [6, 6.07) is 13.3. The van der Waals surface area contributed by atoms with Crippen molar-refractivity contribution in [2.75, 3.05) is 7.11 Å². The molecule has 0 radical (unpaired) electrons. The van der Waals surface area contributed by atoms with Crippen LogP contribution in [0.5, 0.6) is 5.75 Å². The van der Waals surface area contributed by atoms with Crippen molar-refractivity contribution in [1.29, 1.82) is 0 Å². The Hall–Kier alpha value is -2.79. The van der Waals surface area contributed by atoms with Gasteiger partial charge in [-0.05, 0) is 30.2 Å². The molecule has 2 rings (SSSR count). The number of ether oxygens (including phenoxy) is 1. The quantitative estimate of drug-likeness (QED) is 0.729. The van der Waals surface area contributed by atoms with Crippen molar-refractivity contribution in [3.05, 3.63) is 71.3 Å². The number of aliphatic carboxylic acids is 1. The third kappa shape index (κ3) is 5.63. The van der Waals surface area contributed by atoms with Gasteiger partial charge in [0.2, 0.25) is 5.91 Å². The molecule has 136 valence electrons. The molecule has 0 fully saturated rings. The van der Waals surface area contributed by atoms with Gasteiger partial charge in [-0.25, -0.2) is 4.79 Å². The van der Waals surface area contributed by atoms with Crippen molar-refractivity contribution in [2.45, 2.75) is 19.4 Å². The van der Waals surface area contributed by atoms with Crippen molar-refractivity contribution in [2.24, 2.45) is 0 Å². The van der Waals surface area contributed by atoms with Crippen LogP contribution in [0.3, 0.4) is 0 Å². The van der Waals surface area contributed by atoms with Gasteiger partial charge >= 0.3 is 5.97 Å². The van der Waals surface area contributed by atoms with Gasteiger partial charge in [0, 0.05) is 12.5 Å². The molecular weight excluding hydrogens is 354 g/mol. The topological polar surface area (TPSA) is 75.6 Å². The van der Waals surface area contributed by atoms with Crippen LogP contribution >= 0.6 is 11.6 Å². The van der Waals surface area contributed by atoms with Gasteiger partial charge in [0.1, 0.15) is 11.8 Å². The van der Waals surface area contributed by atoms with E-state index < -0.39 is 17.9 Å². The molecule has 0 aromatic heterocycles. The van der Waals surface area contributed by atoms with Crippen molar-refractivity contribution in [1.82, 2.24) is 5.32 Å². The first-order chi connectivity index (χ1) is 12.4. The molecule has 0 aliphatic carbocycles. The molecule has 0 bridgehead atoms. The summed E-state index contributed by atoms with van der Waals surface area (Å²) in [5, 5.41) is 12.1. The minimum Gasteiger partial charge on any atom is -0.497 e. The maximum Gasteiger partial charge on any atom is 0.326 e. The highest BCUT2D eigenvalue weighted by Crippen LogP contribution is 2.19. The number of carboxylic acid groups (broad SMARTS) is 1. The third-order valence-corrected chi connectivity index (χ3v) is 4.13. The maximum absolute atomic E-state index is 12.1. The number of nitrogens with one attached hydrogen (secondary N) is 1. The number of rotatable bonds is 7. The fourth-order valence-corrected chi connectivity index (χ4v) is 2.55. The van der Waals surface area contributed by atoms with Crippen LogP contribution in [0.1, 0.15) is 16.7 Å². The van der Waals surface area contributed by atoms with E-state index in [2.05, 4.69) is 5.32 Å². The molecule has 2 aromatic rings. The normalized spacial score (nSPS) is 12.3. The van der Waals surface area contributed by atoms with Gasteiger partial charge in [-0.1, -0.05) is 53.6 Å². The van der Waals surface area contributed by atoms with Gasteiger partial charge in [-0.2, -0.15) is 0 Å². The number of hydrogen-bond acceptors (Lipinski definition) is 3. The molecule has 0 spiro atoms. The van der Waals surface area contributed by atoms with Crippen LogP contribution in [0, 0.1) is 6.92 Å². The summed E-state index contributed by atoms with van der Waals surface area (Å²) in [5.74, 6) is -0.997. The number of carbonyl (C=O) groups is 2. The van der Waals surface area contributed by atoms with Crippen LogP contribution in [-0.4, -0.2) is 30.1 Å². The van der Waals surface area contributed by atoms with E-state index in [0.29, 0.717) is 11.3 Å². The molecule has 0 aliphatic rings. The maximum atomic E-state index is 12.1. The van der Waals surface area contributed by atoms with E-state index >= 15 is 0 Å². The molecule has 6 heteroatoms. The number of carbonyl (C=O) groups excluding carboxylic acids is 1. The molecule has 2 N–H and O–H groups in total. The summed E-state index contributed by atoms with van der Waals surface area (Å²) >= 11 is 6.15. The lowest BCUT2D eigenvalue weighted by Gasteiger charge is -2.14. The van der Waals surface area contributed by atoms with Crippen LogP contribution in [0.15, 0.2) is 54.6 Å². The number of amides is 1. The van der Waals surface area contributed by atoms with E-state index in [0.717, 1.165) is 11.1 Å². The summed E-state index contributed by atoms with van der Waals surface area (Å²) in [4.78, 5) is 23.6. The standard InChI is InChI=1S/C20H20ClNO4/c1-13-3-7-15(8-4-13)17(21)12-19(23)22-18(20(24)25)11-14-5-9-16(26-2)10-6-14/h3-10,12,18H,11H2,1-2H3,(H,22,23)(H,24,25)/t18-/m1/s1. The highest BCUT2D eigenvalue weighted by Gasteiger charge is 2.20. The molecule has 0 saturated heterocycles. The molecule has 0 unspecified atom stereocenters. The van der Waals surface area contributed by atoms with E-state index in [9.17, 15) is 14.7 Å². The predicted octanol–water partition coefficient (Wildman–Crippen LogP) is 3.40. The van der Waals surface area contributed by atoms with Gasteiger partial charge in [0.05, 0.1) is 12.1 Å². The van der Waals surface area contributed by atoms with E-state index in [-0.39, 0.29) is 11.5 Å². The zero-order chi connectivity index (χ0) is 19.1. The SMILES string of the molecule is COc1ccc(C[C@@H](NC(=O)C=C(Cl)c2ccc(C)cc2)C(=O)O)cc1. The lowest BCUT2D eigenvalue weighted by atomic mass is 10.1. The highest BCUT2D eigenvalue weighted by molar-refractivity contribution is 6.50. The van der Waals surface area contributed by atoms with Gasteiger partial charge in [-0.3, -0.25) is 4.79 Å². The monoisotopic (exact) mass is 373 g/mol. The Kier molecular flexibility index (Phi) is 6.81. The molecule has 5 nitrogen and oxygen atoms in total. The average Bonchev–Trinajstić information content (AvgIpc) is 2.62. The van der Waals surface area contributed by atoms with Crippen LogP contribution in [-0.2, 0) is 16.0 Å². The van der Waals surface area contributed by atoms with E-state index in [1.807, 2.05) is 19.1 Å². The zero-order valence-electron chi connectivity index (χ0n) is 14.5. The minimum absolute atomic E-state index is 0.154. The fourth-order valence-electron chi connectivity index (χ4n) is 2.32. The molecule has 0 aliphatic heterocycles. The second kappa shape index (κ2) is 9.06. The van der Waals surface area contributed by atoms with E-state index in [1.54, 1.807) is 43.5 Å². The van der Waals surface area contributed by atoms with E-state index in [4.69, 9.17) is 16.3 Å². The first kappa shape index (κ1) is 19.5. The molecule has 1 atom stereocenters. The summed E-state index contributed by atoms with van der Waals surface area (Å²) in [6.45, 7) is 1.95. The van der Waals surface area contributed by atoms with Crippen molar-refractivity contribution < 1.29 is 19.4 Å². The summed E-state index contributed by atoms with van der Waals surface area (Å²) in [7, 11) is 1.55.